The third kappa shape index (κ3) is 5.55. The van der Waals surface area contributed by atoms with E-state index < -0.39 is 0 Å². The van der Waals surface area contributed by atoms with Gasteiger partial charge < -0.3 is 10.6 Å². The highest BCUT2D eigenvalue weighted by molar-refractivity contribution is 7.99. The van der Waals surface area contributed by atoms with Crippen molar-refractivity contribution in [2.45, 2.75) is 38.0 Å². The minimum atomic E-state index is -0.173. The topological polar surface area (TPSA) is 54.0 Å². The van der Waals surface area contributed by atoms with E-state index in [4.69, 9.17) is 0 Å². The zero-order valence-corrected chi connectivity index (χ0v) is 15.4. The average Bonchev–Trinajstić information content (AvgIpc) is 2.99. The van der Waals surface area contributed by atoms with Gasteiger partial charge >= 0.3 is 6.03 Å². The molecule has 6 heteroatoms. The molecule has 2 aromatic rings. The van der Waals surface area contributed by atoms with Crippen LogP contribution in [0.2, 0.25) is 0 Å². The molecule has 0 unspecified atom stereocenters. The Kier molecular flexibility index (Phi) is 6.92. The molecule has 2 amide bonds. The molecule has 2 rings (SSSR count). The zero-order valence-electron chi connectivity index (χ0n) is 13.8. The Bertz CT molecular complexity index is 640. The number of carbonyl (C=O) groups excluding carboxylic acids is 1. The molecule has 0 saturated heterocycles. The van der Waals surface area contributed by atoms with Crippen molar-refractivity contribution in [1.82, 2.24) is 10.3 Å². The summed E-state index contributed by atoms with van der Waals surface area (Å²) >= 11 is 3.40. The molecule has 0 aliphatic heterocycles. The van der Waals surface area contributed by atoms with Gasteiger partial charge in [0, 0.05) is 29.2 Å². The Morgan fingerprint density at radius 3 is 2.83 bits per heavy atom. The van der Waals surface area contributed by atoms with Crippen molar-refractivity contribution in [2.75, 3.05) is 17.6 Å². The van der Waals surface area contributed by atoms with E-state index in [2.05, 4.69) is 41.8 Å². The van der Waals surface area contributed by atoms with Gasteiger partial charge in [0.1, 0.15) is 0 Å². The lowest BCUT2D eigenvalue weighted by molar-refractivity contribution is 0.252. The normalized spacial score (nSPS) is 10.8. The summed E-state index contributed by atoms with van der Waals surface area (Å²) in [4.78, 5) is 17.7. The Balaban J connectivity index is 1.81. The summed E-state index contributed by atoms with van der Waals surface area (Å²) < 4.78 is 0. The fourth-order valence-corrected chi connectivity index (χ4v) is 3.65. The number of nitrogens with zero attached hydrogens (tertiary/aromatic N) is 1. The van der Waals surface area contributed by atoms with E-state index in [1.54, 1.807) is 23.1 Å². The maximum absolute atomic E-state index is 12.0. The van der Waals surface area contributed by atoms with Crippen LogP contribution < -0.4 is 10.6 Å². The Hall–Kier alpha value is -1.53. The van der Waals surface area contributed by atoms with E-state index in [1.165, 1.54) is 0 Å². The molecule has 4 nitrogen and oxygen atoms in total. The lowest BCUT2D eigenvalue weighted by Crippen LogP contribution is -2.30. The molecule has 1 aromatic carbocycles. The second-order valence-corrected chi connectivity index (χ2v) is 7.59. The molecule has 1 heterocycles. The zero-order chi connectivity index (χ0) is 16.7. The molecule has 0 aliphatic rings. The minimum Gasteiger partial charge on any atom is -0.337 e. The SMILES string of the molecule is CCSc1ccccc1NC(=O)NCCc1csc(C(C)C)n1. The van der Waals surface area contributed by atoms with Gasteiger partial charge in [-0.15, -0.1) is 23.1 Å². The summed E-state index contributed by atoms with van der Waals surface area (Å²) in [5.74, 6) is 1.43. The fraction of sp³-hybridized carbons (Fsp3) is 0.412. The van der Waals surface area contributed by atoms with Gasteiger partial charge in [-0.1, -0.05) is 32.9 Å². The molecule has 0 fully saturated rings. The second kappa shape index (κ2) is 8.93. The van der Waals surface area contributed by atoms with Gasteiger partial charge in [-0.3, -0.25) is 0 Å². The highest BCUT2D eigenvalue weighted by Gasteiger charge is 2.08. The van der Waals surface area contributed by atoms with E-state index in [9.17, 15) is 4.79 Å². The number of carbonyl (C=O) groups is 1. The van der Waals surface area contributed by atoms with Crippen LogP contribution in [0.1, 0.15) is 37.4 Å². The third-order valence-electron chi connectivity index (χ3n) is 3.17. The van der Waals surface area contributed by atoms with Crippen LogP contribution in [0.4, 0.5) is 10.5 Å². The van der Waals surface area contributed by atoms with Crippen molar-refractivity contribution in [1.29, 1.82) is 0 Å². The number of urea groups is 1. The molecule has 0 atom stereocenters. The van der Waals surface area contributed by atoms with Gasteiger partial charge in [-0.05, 0) is 17.9 Å². The Morgan fingerprint density at radius 2 is 2.13 bits per heavy atom. The second-order valence-electron chi connectivity index (χ2n) is 5.39. The number of para-hydroxylation sites is 1. The molecule has 0 aliphatic carbocycles. The van der Waals surface area contributed by atoms with Crippen molar-refractivity contribution >= 4 is 34.8 Å². The quantitative estimate of drug-likeness (QED) is 0.710. The summed E-state index contributed by atoms with van der Waals surface area (Å²) in [6, 6.07) is 7.68. The highest BCUT2D eigenvalue weighted by atomic mass is 32.2. The van der Waals surface area contributed by atoms with Crippen LogP contribution >= 0.6 is 23.1 Å². The van der Waals surface area contributed by atoms with Crippen LogP contribution in [-0.2, 0) is 6.42 Å². The predicted molar refractivity (Wildman–Crippen MR) is 99.8 cm³/mol. The van der Waals surface area contributed by atoms with Crippen molar-refractivity contribution in [3.63, 3.8) is 0 Å². The molecule has 0 radical (unpaired) electrons. The lowest BCUT2D eigenvalue weighted by atomic mass is 10.2. The molecule has 23 heavy (non-hydrogen) atoms. The van der Waals surface area contributed by atoms with Crippen LogP contribution in [0.25, 0.3) is 0 Å². The summed E-state index contributed by atoms with van der Waals surface area (Å²) in [7, 11) is 0. The van der Waals surface area contributed by atoms with Gasteiger partial charge in [-0.25, -0.2) is 9.78 Å². The molecular formula is C17H23N3OS2. The molecule has 0 saturated carbocycles. The molecule has 0 spiro atoms. The maximum atomic E-state index is 12.0. The van der Waals surface area contributed by atoms with Crippen molar-refractivity contribution in [2.24, 2.45) is 0 Å². The number of thiazole rings is 1. The van der Waals surface area contributed by atoms with Crippen molar-refractivity contribution < 1.29 is 4.79 Å². The molecule has 0 bridgehead atoms. The number of aromatic nitrogens is 1. The Morgan fingerprint density at radius 1 is 1.35 bits per heavy atom. The first-order chi connectivity index (χ1) is 11.1. The number of thioether (sulfide) groups is 1. The summed E-state index contributed by atoms with van der Waals surface area (Å²) in [5.41, 5.74) is 1.90. The number of hydrogen-bond acceptors (Lipinski definition) is 4. The first-order valence-corrected chi connectivity index (χ1v) is 9.67. The lowest BCUT2D eigenvalue weighted by Gasteiger charge is -2.10. The van der Waals surface area contributed by atoms with E-state index >= 15 is 0 Å². The number of nitrogens with one attached hydrogen (secondary N) is 2. The van der Waals surface area contributed by atoms with Crippen LogP contribution in [0.5, 0.6) is 0 Å². The number of hydrogen-bond donors (Lipinski definition) is 2. The largest absolute Gasteiger partial charge is 0.337 e. The third-order valence-corrected chi connectivity index (χ3v) is 5.31. The van der Waals surface area contributed by atoms with E-state index in [0.29, 0.717) is 12.5 Å². The smallest absolute Gasteiger partial charge is 0.319 e. The van der Waals surface area contributed by atoms with Crippen molar-refractivity contribution in [3.8, 4) is 0 Å². The number of anilines is 1. The standard InChI is InChI=1S/C17H23N3OS2/c1-4-22-15-8-6-5-7-14(15)20-17(21)18-10-9-13-11-23-16(19-13)12(2)3/h5-8,11-12H,4,9-10H2,1-3H3,(H2,18,20,21). The van der Waals surface area contributed by atoms with Crippen LogP contribution in [-0.4, -0.2) is 23.3 Å². The highest BCUT2D eigenvalue weighted by Crippen LogP contribution is 2.26. The van der Waals surface area contributed by atoms with E-state index in [1.807, 2.05) is 24.3 Å². The monoisotopic (exact) mass is 349 g/mol. The van der Waals surface area contributed by atoms with Crippen LogP contribution in [0.15, 0.2) is 34.5 Å². The molecular weight excluding hydrogens is 326 g/mol. The first kappa shape index (κ1) is 17.8. The first-order valence-electron chi connectivity index (χ1n) is 7.81. The van der Waals surface area contributed by atoms with Gasteiger partial charge in [0.2, 0.25) is 0 Å². The number of benzene rings is 1. The number of amides is 2. The van der Waals surface area contributed by atoms with E-state index in [-0.39, 0.29) is 6.03 Å². The average molecular weight is 350 g/mol. The summed E-state index contributed by atoms with van der Waals surface area (Å²) in [6.45, 7) is 6.96. The molecule has 1 aromatic heterocycles. The molecule has 2 N–H and O–H groups in total. The van der Waals surface area contributed by atoms with E-state index in [0.717, 1.165) is 33.5 Å². The van der Waals surface area contributed by atoms with Gasteiger partial charge in [0.15, 0.2) is 0 Å². The summed E-state index contributed by atoms with van der Waals surface area (Å²) in [5, 5.41) is 9.03. The van der Waals surface area contributed by atoms with Gasteiger partial charge in [-0.2, -0.15) is 0 Å². The van der Waals surface area contributed by atoms with Crippen molar-refractivity contribution in [3.05, 3.63) is 40.3 Å². The molecule has 124 valence electrons. The van der Waals surface area contributed by atoms with Crippen LogP contribution in [0, 0.1) is 0 Å². The minimum absolute atomic E-state index is 0.173. The summed E-state index contributed by atoms with van der Waals surface area (Å²) in [6.07, 6.45) is 0.752. The number of rotatable bonds is 7. The predicted octanol–water partition coefficient (Wildman–Crippen LogP) is 4.74. The fourth-order valence-electron chi connectivity index (χ4n) is 2.02. The van der Waals surface area contributed by atoms with Gasteiger partial charge in [0.25, 0.3) is 0 Å². The van der Waals surface area contributed by atoms with Gasteiger partial charge in [0.05, 0.1) is 16.4 Å². The Labute approximate surface area is 146 Å². The van der Waals surface area contributed by atoms with Crippen LogP contribution in [0.3, 0.4) is 0 Å². The maximum Gasteiger partial charge on any atom is 0.319 e.